The van der Waals surface area contributed by atoms with Crippen LogP contribution in [0.1, 0.15) is 63.4 Å². The largest absolute Gasteiger partial charge is 0.334 e. The number of imidazole rings is 1. The zero-order valence-electron chi connectivity index (χ0n) is 16.4. The van der Waals surface area contributed by atoms with Crippen LogP contribution in [0.5, 0.6) is 0 Å². The molecule has 3 aliphatic rings. The fourth-order valence-electron chi connectivity index (χ4n) is 5.18. The van der Waals surface area contributed by atoms with Crippen molar-refractivity contribution in [3.8, 4) is 0 Å². The number of urea groups is 1. The predicted molar refractivity (Wildman–Crippen MR) is 102 cm³/mol. The molecule has 148 valence electrons. The second-order valence-electron chi connectivity index (χ2n) is 8.31. The third-order valence-electron chi connectivity index (χ3n) is 6.58. The van der Waals surface area contributed by atoms with Gasteiger partial charge < -0.3 is 19.7 Å². The summed E-state index contributed by atoms with van der Waals surface area (Å²) >= 11 is 0. The van der Waals surface area contributed by atoms with Crippen LogP contribution in [-0.2, 0) is 24.3 Å². The maximum absolute atomic E-state index is 12.8. The molecule has 0 bridgehead atoms. The lowest BCUT2D eigenvalue weighted by atomic mass is 9.78. The number of fused-ring (bicyclic) bond motifs is 1. The van der Waals surface area contributed by atoms with Crippen molar-refractivity contribution < 1.29 is 9.59 Å². The number of rotatable bonds is 2. The standard InChI is InChI=1S/C20H31N5O2/c1-16(26)25-12-11-23(15-20(25)8-4-2-5-9-20)19(27)22-14-17-13-21-18-7-3-6-10-24(17)18/h13H,2-12,14-15H2,1H3,(H,22,27). The molecule has 0 radical (unpaired) electrons. The molecule has 1 aliphatic carbocycles. The van der Waals surface area contributed by atoms with Crippen LogP contribution in [0.4, 0.5) is 4.79 Å². The van der Waals surface area contributed by atoms with Crippen molar-refractivity contribution in [1.29, 1.82) is 0 Å². The number of aromatic nitrogens is 2. The molecule has 7 heteroatoms. The van der Waals surface area contributed by atoms with Crippen molar-refractivity contribution in [2.45, 2.75) is 76.9 Å². The van der Waals surface area contributed by atoms with E-state index in [9.17, 15) is 9.59 Å². The van der Waals surface area contributed by atoms with Gasteiger partial charge in [-0.2, -0.15) is 0 Å². The van der Waals surface area contributed by atoms with Gasteiger partial charge >= 0.3 is 6.03 Å². The predicted octanol–water partition coefficient (Wildman–Crippen LogP) is 2.30. The number of amides is 3. The molecule has 1 aromatic heterocycles. The summed E-state index contributed by atoms with van der Waals surface area (Å²) in [6.45, 7) is 5.09. The van der Waals surface area contributed by atoms with E-state index in [4.69, 9.17) is 0 Å². The van der Waals surface area contributed by atoms with Crippen molar-refractivity contribution in [3.05, 3.63) is 17.7 Å². The molecule has 7 nitrogen and oxygen atoms in total. The normalized spacial score (nSPS) is 21.8. The molecule has 2 aliphatic heterocycles. The maximum Gasteiger partial charge on any atom is 0.317 e. The van der Waals surface area contributed by atoms with Gasteiger partial charge in [-0.25, -0.2) is 9.78 Å². The fraction of sp³-hybridized carbons (Fsp3) is 0.750. The number of carbonyl (C=O) groups excluding carboxylic acids is 2. The van der Waals surface area contributed by atoms with Gasteiger partial charge in [-0.15, -0.1) is 0 Å². The monoisotopic (exact) mass is 373 g/mol. The smallest absolute Gasteiger partial charge is 0.317 e. The molecule has 3 heterocycles. The van der Waals surface area contributed by atoms with Gasteiger partial charge in [0.15, 0.2) is 0 Å². The minimum Gasteiger partial charge on any atom is -0.334 e. The Kier molecular flexibility index (Phi) is 5.10. The van der Waals surface area contributed by atoms with Gasteiger partial charge in [-0.3, -0.25) is 4.79 Å². The first-order chi connectivity index (χ1) is 13.1. The first-order valence-electron chi connectivity index (χ1n) is 10.4. The number of aryl methyl sites for hydroxylation is 1. The van der Waals surface area contributed by atoms with Crippen LogP contribution in [0, 0.1) is 0 Å². The number of carbonyl (C=O) groups is 2. The van der Waals surface area contributed by atoms with E-state index in [1.165, 1.54) is 19.3 Å². The third kappa shape index (κ3) is 3.56. The van der Waals surface area contributed by atoms with Crippen LogP contribution >= 0.6 is 0 Å². The van der Waals surface area contributed by atoms with E-state index in [1.807, 2.05) is 16.0 Å². The molecule has 1 saturated heterocycles. The summed E-state index contributed by atoms with van der Waals surface area (Å²) in [5.74, 6) is 1.28. The zero-order chi connectivity index (χ0) is 18.9. The SMILES string of the molecule is CC(=O)N1CCN(C(=O)NCc2cnc3n2CCCC3)CC12CCCCC2. The van der Waals surface area contributed by atoms with Gasteiger partial charge in [0.25, 0.3) is 0 Å². The average molecular weight is 374 g/mol. The number of hydrogen-bond acceptors (Lipinski definition) is 3. The molecule has 4 rings (SSSR count). The summed E-state index contributed by atoms with van der Waals surface area (Å²) in [4.78, 5) is 33.5. The Morgan fingerprint density at radius 1 is 1.11 bits per heavy atom. The molecule has 1 N–H and O–H groups in total. The molecular formula is C20H31N5O2. The van der Waals surface area contributed by atoms with Crippen molar-refractivity contribution in [2.75, 3.05) is 19.6 Å². The first-order valence-corrected chi connectivity index (χ1v) is 10.4. The van der Waals surface area contributed by atoms with Crippen molar-refractivity contribution >= 4 is 11.9 Å². The average Bonchev–Trinajstić information content (AvgIpc) is 3.09. The topological polar surface area (TPSA) is 70.5 Å². The van der Waals surface area contributed by atoms with Crippen molar-refractivity contribution in [1.82, 2.24) is 24.7 Å². The molecule has 0 atom stereocenters. The molecule has 1 spiro atoms. The summed E-state index contributed by atoms with van der Waals surface area (Å²) in [5, 5.41) is 3.09. The highest BCUT2D eigenvalue weighted by molar-refractivity contribution is 5.77. The minimum atomic E-state index is -0.157. The Labute approximate surface area is 161 Å². The fourth-order valence-corrected chi connectivity index (χ4v) is 5.18. The van der Waals surface area contributed by atoms with E-state index in [0.29, 0.717) is 26.2 Å². The van der Waals surface area contributed by atoms with Gasteiger partial charge in [-0.1, -0.05) is 19.3 Å². The molecule has 3 amide bonds. The second-order valence-corrected chi connectivity index (χ2v) is 8.31. The van der Waals surface area contributed by atoms with Gasteiger partial charge in [0.2, 0.25) is 5.91 Å². The molecule has 0 aromatic carbocycles. The highest BCUT2D eigenvalue weighted by atomic mass is 16.2. The van der Waals surface area contributed by atoms with Crippen LogP contribution < -0.4 is 5.32 Å². The molecular weight excluding hydrogens is 342 g/mol. The Balaban J connectivity index is 1.40. The number of hydrogen-bond donors (Lipinski definition) is 1. The summed E-state index contributed by atoms with van der Waals surface area (Å²) in [7, 11) is 0. The zero-order valence-corrected chi connectivity index (χ0v) is 16.4. The van der Waals surface area contributed by atoms with Crippen molar-refractivity contribution in [2.24, 2.45) is 0 Å². The molecule has 1 saturated carbocycles. The van der Waals surface area contributed by atoms with Crippen LogP contribution in [-0.4, -0.2) is 56.5 Å². The number of nitrogens with zero attached hydrogens (tertiary/aromatic N) is 4. The van der Waals surface area contributed by atoms with E-state index in [-0.39, 0.29) is 17.5 Å². The lowest BCUT2D eigenvalue weighted by Crippen LogP contribution is -2.65. The van der Waals surface area contributed by atoms with Crippen LogP contribution in [0.15, 0.2) is 6.20 Å². The third-order valence-corrected chi connectivity index (χ3v) is 6.58. The van der Waals surface area contributed by atoms with Crippen LogP contribution in [0.2, 0.25) is 0 Å². The van der Waals surface area contributed by atoms with E-state index >= 15 is 0 Å². The summed E-state index contributed by atoms with van der Waals surface area (Å²) in [6, 6.07) is -0.0190. The summed E-state index contributed by atoms with van der Waals surface area (Å²) < 4.78 is 2.25. The summed E-state index contributed by atoms with van der Waals surface area (Å²) in [6.07, 6.45) is 10.8. The van der Waals surface area contributed by atoms with Gasteiger partial charge in [0, 0.05) is 39.5 Å². The lowest BCUT2D eigenvalue weighted by molar-refractivity contribution is -0.141. The number of nitrogens with one attached hydrogen (secondary N) is 1. The Morgan fingerprint density at radius 2 is 1.93 bits per heavy atom. The lowest BCUT2D eigenvalue weighted by Gasteiger charge is -2.52. The second kappa shape index (κ2) is 7.52. The van der Waals surface area contributed by atoms with Crippen LogP contribution in [0.3, 0.4) is 0 Å². The molecule has 2 fully saturated rings. The van der Waals surface area contributed by atoms with E-state index in [2.05, 4.69) is 14.9 Å². The quantitative estimate of drug-likeness (QED) is 0.865. The van der Waals surface area contributed by atoms with Crippen molar-refractivity contribution in [3.63, 3.8) is 0 Å². The van der Waals surface area contributed by atoms with E-state index < -0.39 is 0 Å². The summed E-state index contributed by atoms with van der Waals surface area (Å²) in [5.41, 5.74) is 0.933. The Hall–Kier alpha value is -2.05. The highest BCUT2D eigenvalue weighted by Gasteiger charge is 2.44. The van der Waals surface area contributed by atoms with Crippen LogP contribution in [0.25, 0.3) is 0 Å². The van der Waals surface area contributed by atoms with Gasteiger partial charge in [-0.05, 0) is 25.7 Å². The minimum absolute atomic E-state index is 0.0190. The number of piperazine rings is 1. The Morgan fingerprint density at radius 3 is 2.70 bits per heavy atom. The van der Waals surface area contributed by atoms with E-state index in [1.54, 1.807) is 6.92 Å². The molecule has 0 unspecified atom stereocenters. The molecule has 1 aromatic rings. The Bertz CT molecular complexity index is 707. The highest BCUT2D eigenvalue weighted by Crippen LogP contribution is 2.36. The van der Waals surface area contributed by atoms with Gasteiger partial charge in [0.05, 0.1) is 24.0 Å². The van der Waals surface area contributed by atoms with E-state index in [0.717, 1.165) is 50.2 Å². The van der Waals surface area contributed by atoms with Gasteiger partial charge in [0.1, 0.15) is 5.82 Å². The molecule has 27 heavy (non-hydrogen) atoms. The first kappa shape index (κ1) is 18.3. The maximum atomic E-state index is 12.8.